The van der Waals surface area contributed by atoms with Gasteiger partial charge in [0.2, 0.25) is 5.91 Å². The number of carbonyl (C=O) groups excluding carboxylic acids is 1. The first-order chi connectivity index (χ1) is 9.12. The molecule has 2 atom stereocenters. The van der Waals surface area contributed by atoms with E-state index in [0.717, 1.165) is 45.2 Å². The molecule has 4 heteroatoms. The van der Waals surface area contributed by atoms with Gasteiger partial charge in [-0.05, 0) is 26.2 Å². The second-order valence-electron chi connectivity index (χ2n) is 5.09. The van der Waals surface area contributed by atoms with Crippen molar-refractivity contribution in [2.45, 2.75) is 66.0 Å². The zero-order valence-corrected chi connectivity index (χ0v) is 13.1. The summed E-state index contributed by atoms with van der Waals surface area (Å²) >= 11 is 0. The van der Waals surface area contributed by atoms with Crippen LogP contribution in [-0.2, 0) is 4.79 Å². The van der Waals surface area contributed by atoms with Crippen molar-refractivity contribution in [1.29, 1.82) is 0 Å². The molecular formula is C15H32N2O2. The normalized spacial score (nSPS) is 14.4. The molecule has 19 heavy (non-hydrogen) atoms. The number of aliphatic hydroxyl groups is 1. The predicted octanol–water partition coefficient (Wildman–Crippen LogP) is 2.37. The van der Waals surface area contributed by atoms with Crippen LogP contribution in [0.3, 0.4) is 0 Å². The molecule has 0 spiro atoms. The van der Waals surface area contributed by atoms with E-state index in [1.54, 1.807) is 0 Å². The van der Waals surface area contributed by atoms with Crippen molar-refractivity contribution < 1.29 is 9.90 Å². The molecule has 4 nitrogen and oxygen atoms in total. The molecule has 0 aliphatic heterocycles. The average molecular weight is 272 g/mol. The van der Waals surface area contributed by atoms with Gasteiger partial charge in [0.05, 0.1) is 5.92 Å². The Balaban J connectivity index is 4.72. The Hall–Kier alpha value is -0.610. The molecule has 0 saturated heterocycles. The number of nitrogens with zero attached hydrogens (tertiary/aromatic N) is 1. The zero-order chi connectivity index (χ0) is 14.7. The molecule has 0 heterocycles. The van der Waals surface area contributed by atoms with Crippen LogP contribution in [0.5, 0.6) is 0 Å². The third kappa shape index (κ3) is 6.92. The fourth-order valence-corrected chi connectivity index (χ4v) is 2.35. The minimum Gasteiger partial charge on any atom is -0.378 e. The van der Waals surface area contributed by atoms with Crippen LogP contribution < -0.4 is 5.32 Å². The summed E-state index contributed by atoms with van der Waals surface area (Å²) in [6.45, 7) is 10.5. The van der Waals surface area contributed by atoms with E-state index in [0.29, 0.717) is 6.54 Å². The Labute approximate surface area is 118 Å². The smallest absolute Gasteiger partial charge is 0.227 e. The molecule has 0 fully saturated rings. The van der Waals surface area contributed by atoms with Crippen molar-refractivity contribution in [1.82, 2.24) is 10.2 Å². The van der Waals surface area contributed by atoms with Crippen LogP contribution in [0.4, 0.5) is 0 Å². The van der Waals surface area contributed by atoms with E-state index in [9.17, 15) is 9.90 Å². The molecular weight excluding hydrogens is 240 g/mol. The van der Waals surface area contributed by atoms with Crippen LogP contribution >= 0.6 is 0 Å². The molecule has 2 unspecified atom stereocenters. The number of hydrogen-bond donors (Lipinski definition) is 2. The highest BCUT2D eigenvalue weighted by Crippen LogP contribution is 2.17. The van der Waals surface area contributed by atoms with Gasteiger partial charge in [0.25, 0.3) is 0 Å². The van der Waals surface area contributed by atoms with Gasteiger partial charge in [0.1, 0.15) is 6.23 Å². The summed E-state index contributed by atoms with van der Waals surface area (Å²) in [6, 6.07) is 0. The van der Waals surface area contributed by atoms with Crippen LogP contribution in [0.15, 0.2) is 0 Å². The largest absolute Gasteiger partial charge is 0.378 e. The monoisotopic (exact) mass is 272 g/mol. The maximum absolute atomic E-state index is 12.1. The van der Waals surface area contributed by atoms with E-state index in [4.69, 9.17) is 0 Å². The van der Waals surface area contributed by atoms with Gasteiger partial charge in [0, 0.05) is 19.6 Å². The second-order valence-corrected chi connectivity index (χ2v) is 5.09. The maximum atomic E-state index is 12.1. The van der Waals surface area contributed by atoms with Gasteiger partial charge in [0.15, 0.2) is 0 Å². The quantitative estimate of drug-likeness (QED) is 0.568. The summed E-state index contributed by atoms with van der Waals surface area (Å²) in [6.07, 6.45) is 4.11. The van der Waals surface area contributed by atoms with Crippen LogP contribution in [0.25, 0.3) is 0 Å². The van der Waals surface area contributed by atoms with E-state index in [-0.39, 0.29) is 11.8 Å². The van der Waals surface area contributed by atoms with Gasteiger partial charge in [-0.3, -0.25) is 9.69 Å². The van der Waals surface area contributed by atoms with Gasteiger partial charge in [-0.25, -0.2) is 0 Å². The van der Waals surface area contributed by atoms with Gasteiger partial charge in [-0.1, -0.05) is 33.6 Å². The van der Waals surface area contributed by atoms with E-state index in [1.807, 2.05) is 11.8 Å². The average Bonchev–Trinajstić information content (AvgIpc) is 2.39. The maximum Gasteiger partial charge on any atom is 0.227 e. The lowest BCUT2D eigenvalue weighted by molar-refractivity contribution is -0.135. The Bertz CT molecular complexity index is 228. The molecule has 0 bridgehead atoms. The van der Waals surface area contributed by atoms with Crippen molar-refractivity contribution in [3.05, 3.63) is 0 Å². The van der Waals surface area contributed by atoms with E-state index < -0.39 is 6.23 Å². The summed E-state index contributed by atoms with van der Waals surface area (Å²) in [5.41, 5.74) is 0. The summed E-state index contributed by atoms with van der Waals surface area (Å²) in [5, 5.41) is 13.4. The topological polar surface area (TPSA) is 52.6 Å². The van der Waals surface area contributed by atoms with Gasteiger partial charge >= 0.3 is 0 Å². The molecule has 0 aromatic rings. The molecule has 1 amide bonds. The van der Waals surface area contributed by atoms with E-state index >= 15 is 0 Å². The third-order valence-corrected chi connectivity index (χ3v) is 3.31. The lowest BCUT2D eigenvalue weighted by Crippen LogP contribution is -2.47. The Morgan fingerprint density at radius 3 is 2.11 bits per heavy atom. The van der Waals surface area contributed by atoms with Crippen molar-refractivity contribution in [2.75, 3.05) is 19.6 Å². The standard InChI is InChI=1S/C15H32N2O2/c1-5-9-10-13(14(18)16-8-4)15(19)17(11-6-2)12-7-3/h13,15,19H,5-12H2,1-4H3,(H,16,18). The SMILES string of the molecule is CCCCC(C(=O)NCC)C(O)N(CCC)CCC. The Kier molecular flexibility index (Phi) is 10.9. The second kappa shape index (κ2) is 11.2. The number of hydrogen-bond acceptors (Lipinski definition) is 3. The van der Waals surface area contributed by atoms with Crippen molar-refractivity contribution in [2.24, 2.45) is 5.92 Å². The molecule has 2 N–H and O–H groups in total. The molecule has 0 aromatic carbocycles. The third-order valence-electron chi connectivity index (χ3n) is 3.31. The highest BCUT2D eigenvalue weighted by molar-refractivity contribution is 5.79. The highest BCUT2D eigenvalue weighted by atomic mass is 16.3. The van der Waals surface area contributed by atoms with Crippen molar-refractivity contribution in [3.8, 4) is 0 Å². The molecule has 114 valence electrons. The van der Waals surface area contributed by atoms with Gasteiger partial charge < -0.3 is 10.4 Å². The van der Waals surface area contributed by atoms with Crippen LogP contribution in [0.2, 0.25) is 0 Å². The zero-order valence-electron chi connectivity index (χ0n) is 13.1. The minimum atomic E-state index is -0.655. The first kappa shape index (κ1) is 18.4. The minimum absolute atomic E-state index is 0.0133. The summed E-state index contributed by atoms with van der Waals surface area (Å²) < 4.78 is 0. The predicted molar refractivity (Wildman–Crippen MR) is 79.9 cm³/mol. The van der Waals surface area contributed by atoms with Crippen molar-refractivity contribution in [3.63, 3.8) is 0 Å². The fourth-order valence-electron chi connectivity index (χ4n) is 2.35. The number of nitrogens with one attached hydrogen (secondary N) is 1. The van der Waals surface area contributed by atoms with E-state index in [2.05, 4.69) is 26.1 Å². The van der Waals surface area contributed by atoms with E-state index in [1.165, 1.54) is 0 Å². The molecule has 0 rings (SSSR count). The summed E-state index contributed by atoms with van der Waals surface area (Å²) in [5.74, 6) is -0.321. The molecule has 0 saturated carbocycles. The fraction of sp³-hybridized carbons (Fsp3) is 0.933. The lowest BCUT2D eigenvalue weighted by atomic mass is 9.98. The van der Waals surface area contributed by atoms with Gasteiger partial charge in [-0.15, -0.1) is 0 Å². The Morgan fingerprint density at radius 2 is 1.68 bits per heavy atom. The number of rotatable bonds is 11. The summed E-state index contributed by atoms with van der Waals surface area (Å²) in [4.78, 5) is 14.1. The molecule has 0 aromatic heterocycles. The number of amides is 1. The van der Waals surface area contributed by atoms with Crippen LogP contribution in [0, 0.1) is 5.92 Å². The highest BCUT2D eigenvalue weighted by Gasteiger charge is 2.29. The lowest BCUT2D eigenvalue weighted by Gasteiger charge is -2.32. The number of aliphatic hydroxyl groups excluding tert-OH is 1. The molecule has 0 aliphatic carbocycles. The van der Waals surface area contributed by atoms with Gasteiger partial charge in [-0.2, -0.15) is 0 Å². The van der Waals surface area contributed by atoms with Crippen LogP contribution in [0.1, 0.15) is 59.8 Å². The van der Waals surface area contributed by atoms with Crippen LogP contribution in [-0.4, -0.2) is 41.8 Å². The Morgan fingerprint density at radius 1 is 1.11 bits per heavy atom. The number of unbranched alkanes of at least 4 members (excludes halogenated alkanes) is 1. The number of carbonyl (C=O) groups is 1. The first-order valence-electron chi connectivity index (χ1n) is 7.82. The first-order valence-corrected chi connectivity index (χ1v) is 7.82. The molecule has 0 radical (unpaired) electrons. The molecule has 0 aliphatic rings. The summed E-state index contributed by atoms with van der Waals surface area (Å²) in [7, 11) is 0. The van der Waals surface area contributed by atoms with Crippen molar-refractivity contribution >= 4 is 5.91 Å².